The minimum absolute atomic E-state index is 0.0146. The molecule has 1 aliphatic rings. The molecule has 5 atom stereocenters. The fourth-order valence-corrected chi connectivity index (χ4v) is 7.61. The van der Waals surface area contributed by atoms with Gasteiger partial charge in [-0.15, -0.1) is 0 Å². The zero-order valence-corrected chi connectivity index (χ0v) is 33.3. The Labute approximate surface area is 334 Å². The molecule has 3 aromatic carbocycles. The van der Waals surface area contributed by atoms with Gasteiger partial charge in [-0.05, 0) is 65.6 Å². The number of carbonyl (C=O) groups is 3. The molecule has 2 unspecified atom stereocenters. The second-order valence-corrected chi connectivity index (χ2v) is 15.3. The van der Waals surface area contributed by atoms with Gasteiger partial charge in [-0.2, -0.15) is 13.2 Å². The number of benzene rings is 3. The van der Waals surface area contributed by atoms with Crippen molar-refractivity contribution in [3.63, 3.8) is 0 Å². The van der Waals surface area contributed by atoms with Crippen molar-refractivity contribution in [2.75, 3.05) is 7.11 Å². The Kier molecular flexibility index (Phi) is 13.5. The van der Waals surface area contributed by atoms with Crippen LogP contribution in [0.25, 0.3) is 10.9 Å². The van der Waals surface area contributed by atoms with E-state index < -0.39 is 58.8 Å². The summed E-state index contributed by atoms with van der Waals surface area (Å²) in [5.74, 6) is -2.79. The predicted octanol–water partition coefficient (Wildman–Crippen LogP) is 6.81. The van der Waals surface area contributed by atoms with Gasteiger partial charge in [0, 0.05) is 24.0 Å². The quantitative estimate of drug-likeness (QED) is 0.0573. The molecule has 1 heterocycles. The molecular formula is C42H49F4N5O5S. The zero-order valence-electron chi connectivity index (χ0n) is 32.5. The summed E-state index contributed by atoms with van der Waals surface area (Å²) in [5.41, 5.74) is -0.811. The average molecular weight is 812 g/mol. The topological polar surface area (TPSA) is 145 Å². The number of H-pyrrole nitrogens is 1. The maximum atomic E-state index is 14.9. The minimum Gasteiger partial charge on any atom is -0.504 e. The van der Waals surface area contributed by atoms with Gasteiger partial charge < -0.3 is 36.1 Å². The van der Waals surface area contributed by atoms with Crippen molar-refractivity contribution in [2.24, 2.45) is 11.8 Å². The number of aromatic amines is 1. The largest absolute Gasteiger partial charge is 0.504 e. The lowest BCUT2D eigenvalue weighted by molar-refractivity contribution is -0.137. The Morgan fingerprint density at radius 1 is 0.982 bits per heavy atom. The summed E-state index contributed by atoms with van der Waals surface area (Å²) in [5, 5.41) is 22.5. The second-order valence-electron chi connectivity index (χ2n) is 14.8. The molecule has 0 aliphatic heterocycles. The average Bonchev–Trinajstić information content (AvgIpc) is 3.55. The summed E-state index contributed by atoms with van der Waals surface area (Å²) in [7, 11) is 1.44. The molecule has 0 saturated heterocycles. The summed E-state index contributed by atoms with van der Waals surface area (Å²) in [6, 6.07) is 12.7. The first-order valence-corrected chi connectivity index (χ1v) is 19.4. The number of alkyl halides is 3. The number of aromatic nitrogens is 1. The standard InChI is InChI=1S/C42H49F4N5O5S/c1-6-23(3)35(49-34(53)20-26-11-8-9-14-30(26)43)38(54)51-41(18-17-31-28(21-41)27-12-10-13-29(37(27)48-31)42(44,45)46)40(55)50-36(24(4)7-2)39(57)47-22-25-15-16-33(56-5)32(52)19-25/h8-16,19,23-24,35-36,48,52H,6-7,17-18,20-22H2,1-5H3,(H,47,57)(H,49,53)(H,50,55)(H,51,54)/t23?,24-,35-,36?,41+/m0/s1. The highest BCUT2D eigenvalue weighted by atomic mass is 32.1. The van der Waals surface area contributed by atoms with E-state index in [9.17, 15) is 37.1 Å². The van der Waals surface area contributed by atoms with E-state index in [1.165, 1.54) is 37.4 Å². The lowest BCUT2D eigenvalue weighted by atomic mass is 9.78. The zero-order chi connectivity index (χ0) is 41.7. The van der Waals surface area contributed by atoms with E-state index >= 15 is 0 Å². The highest BCUT2D eigenvalue weighted by Gasteiger charge is 2.47. The summed E-state index contributed by atoms with van der Waals surface area (Å²) in [6.45, 7) is 7.66. The number of ether oxygens (including phenoxy) is 1. The molecule has 6 N–H and O–H groups in total. The number of amides is 3. The van der Waals surface area contributed by atoms with Gasteiger partial charge in [0.25, 0.3) is 0 Å². The molecule has 0 fully saturated rings. The number of para-hydroxylation sites is 1. The van der Waals surface area contributed by atoms with Gasteiger partial charge in [0.1, 0.15) is 17.4 Å². The Bertz CT molecular complexity index is 2120. The number of fused-ring (bicyclic) bond motifs is 3. The van der Waals surface area contributed by atoms with Crippen LogP contribution in [0, 0.1) is 17.7 Å². The van der Waals surface area contributed by atoms with Gasteiger partial charge in [0.15, 0.2) is 11.5 Å². The summed E-state index contributed by atoms with van der Waals surface area (Å²) < 4.78 is 61.9. The number of rotatable bonds is 15. The fraction of sp³-hybridized carbons (Fsp3) is 0.429. The van der Waals surface area contributed by atoms with Gasteiger partial charge in [-0.25, -0.2) is 4.39 Å². The minimum atomic E-state index is -4.64. The SMILES string of the molecule is CCC(C)[C@H](NC(=O)Cc1ccccc1F)C(=O)N[C@]1(C(=O)NC(C(=S)NCc2ccc(OC)c(O)c2)[C@@H](C)CC)CCc2[nH]c3c(C(F)(F)F)cccc3c2C1. The predicted molar refractivity (Wildman–Crippen MR) is 213 cm³/mol. The Hall–Kier alpha value is -5.18. The number of halogens is 4. The Balaban J connectivity index is 1.48. The lowest BCUT2D eigenvalue weighted by Gasteiger charge is -2.40. The first-order valence-electron chi connectivity index (χ1n) is 19.0. The van der Waals surface area contributed by atoms with E-state index in [4.69, 9.17) is 17.0 Å². The van der Waals surface area contributed by atoms with Crippen LogP contribution in [0.4, 0.5) is 17.6 Å². The van der Waals surface area contributed by atoms with Crippen molar-refractivity contribution in [1.82, 2.24) is 26.3 Å². The van der Waals surface area contributed by atoms with Crippen LogP contribution in [0.2, 0.25) is 0 Å². The maximum absolute atomic E-state index is 14.9. The molecule has 0 saturated carbocycles. The van der Waals surface area contributed by atoms with Gasteiger partial charge in [-0.1, -0.05) is 89.2 Å². The molecule has 0 spiro atoms. The molecular weight excluding hydrogens is 763 g/mol. The number of phenols is 1. The number of aryl methyl sites for hydroxylation is 1. The number of aromatic hydroxyl groups is 1. The van der Waals surface area contributed by atoms with Crippen LogP contribution >= 0.6 is 12.2 Å². The number of carbonyl (C=O) groups excluding carboxylic acids is 3. The number of methoxy groups -OCH3 is 1. The third kappa shape index (κ3) is 9.69. The molecule has 0 bridgehead atoms. The molecule has 0 radical (unpaired) electrons. The number of phenolic OH excluding ortho intramolecular Hbond substituents is 1. The highest BCUT2D eigenvalue weighted by molar-refractivity contribution is 7.80. The van der Waals surface area contributed by atoms with Crippen molar-refractivity contribution in [2.45, 2.75) is 96.6 Å². The van der Waals surface area contributed by atoms with Gasteiger partial charge >= 0.3 is 6.18 Å². The molecule has 4 aromatic rings. The normalized spacial score (nSPS) is 17.4. The van der Waals surface area contributed by atoms with Crippen molar-refractivity contribution >= 4 is 45.8 Å². The second kappa shape index (κ2) is 18.0. The van der Waals surface area contributed by atoms with Crippen molar-refractivity contribution in [3.8, 4) is 11.5 Å². The number of thiocarbonyl (C=S) groups is 1. The lowest BCUT2D eigenvalue weighted by Crippen LogP contribution is -2.67. The van der Waals surface area contributed by atoms with Crippen LogP contribution in [0.5, 0.6) is 11.5 Å². The van der Waals surface area contributed by atoms with E-state index in [2.05, 4.69) is 26.3 Å². The first-order chi connectivity index (χ1) is 27.0. The van der Waals surface area contributed by atoms with Crippen LogP contribution in [0.1, 0.15) is 74.9 Å². The third-order valence-electron chi connectivity index (χ3n) is 11.0. The van der Waals surface area contributed by atoms with Crippen LogP contribution in [-0.4, -0.2) is 57.5 Å². The first kappa shape index (κ1) is 43.0. The summed E-state index contributed by atoms with van der Waals surface area (Å²) in [6.07, 6.45) is -3.91. The molecule has 1 aromatic heterocycles. The van der Waals surface area contributed by atoms with Gasteiger partial charge in [0.2, 0.25) is 17.7 Å². The number of hydrogen-bond donors (Lipinski definition) is 6. The Morgan fingerprint density at radius 3 is 2.33 bits per heavy atom. The van der Waals surface area contributed by atoms with Crippen molar-refractivity contribution in [3.05, 3.63) is 94.4 Å². The molecule has 3 amide bonds. The van der Waals surface area contributed by atoms with Crippen molar-refractivity contribution < 1.29 is 41.8 Å². The number of hydrogen-bond acceptors (Lipinski definition) is 6. The van der Waals surface area contributed by atoms with E-state index in [1.54, 1.807) is 31.2 Å². The molecule has 5 rings (SSSR count). The molecule has 1 aliphatic carbocycles. The molecule has 10 nitrogen and oxygen atoms in total. The highest BCUT2D eigenvalue weighted by Crippen LogP contribution is 2.40. The van der Waals surface area contributed by atoms with Gasteiger partial charge in [0.05, 0.1) is 35.6 Å². The summed E-state index contributed by atoms with van der Waals surface area (Å²) in [4.78, 5) is 45.8. The van der Waals surface area contributed by atoms with Crippen LogP contribution < -0.4 is 26.0 Å². The van der Waals surface area contributed by atoms with Crippen LogP contribution in [-0.2, 0) is 46.4 Å². The maximum Gasteiger partial charge on any atom is 0.418 e. The third-order valence-corrected chi connectivity index (χ3v) is 11.4. The van der Waals surface area contributed by atoms with Crippen molar-refractivity contribution in [1.29, 1.82) is 0 Å². The van der Waals surface area contributed by atoms with E-state index in [0.717, 1.165) is 6.07 Å². The van der Waals surface area contributed by atoms with E-state index in [-0.39, 0.29) is 60.4 Å². The fourth-order valence-electron chi connectivity index (χ4n) is 7.25. The van der Waals surface area contributed by atoms with E-state index in [1.807, 2.05) is 20.8 Å². The van der Waals surface area contributed by atoms with Gasteiger partial charge in [-0.3, -0.25) is 14.4 Å². The van der Waals surface area contributed by atoms with Crippen LogP contribution in [0.3, 0.4) is 0 Å². The van der Waals surface area contributed by atoms with Crippen LogP contribution in [0.15, 0.2) is 60.7 Å². The summed E-state index contributed by atoms with van der Waals surface area (Å²) >= 11 is 5.82. The molecule has 306 valence electrons. The monoisotopic (exact) mass is 811 g/mol. The number of nitrogens with one attached hydrogen (secondary N) is 5. The molecule has 57 heavy (non-hydrogen) atoms. The van der Waals surface area contributed by atoms with E-state index in [0.29, 0.717) is 40.4 Å². The Morgan fingerprint density at radius 2 is 1.68 bits per heavy atom. The smallest absolute Gasteiger partial charge is 0.418 e. The molecule has 15 heteroatoms.